The molecule has 0 radical (unpaired) electrons. The first-order chi connectivity index (χ1) is 18.5. The van der Waals surface area contributed by atoms with Gasteiger partial charge in [0.1, 0.15) is 18.4 Å². The van der Waals surface area contributed by atoms with Crippen molar-refractivity contribution in [2.45, 2.75) is 59.5 Å². The first-order valence-corrected chi connectivity index (χ1v) is 12.5. The SMILES string of the molecule is Cc1cc(C(=O)OCC(=O)OC2CC(n3cnc4c(=O)[nH]c(NC(=O)C(C)C)nc43)OC2CO)cc(C)c1C. The summed E-state index contributed by atoms with van der Waals surface area (Å²) in [5.74, 6) is -2.17. The number of aliphatic hydroxyl groups excluding tert-OH is 1. The number of carbonyl (C=O) groups is 3. The number of rotatable bonds is 8. The van der Waals surface area contributed by atoms with Crippen molar-refractivity contribution in [3.05, 3.63) is 51.1 Å². The van der Waals surface area contributed by atoms with Gasteiger partial charge >= 0.3 is 11.9 Å². The lowest BCUT2D eigenvalue weighted by Gasteiger charge is -2.16. The average Bonchev–Trinajstić information content (AvgIpc) is 3.49. The van der Waals surface area contributed by atoms with Gasteiger partial charge in [-0.3, -0.25) is 24.5 Å². The Bertz CT molecular complexity index is 1450. The van der Waals surface area contributed by atoms with E-state index in [1.807, 2.05) is 20.8 Å². The van der Waals surface area contributed by atoms with Gasteiger partial charge in [0.2, 0.25) is 11.9 Å². The summed E-state index contributed by atoms with van der Waals surface area (Å²) in [6.45, 7) is 8.05. The van der Waals surface area contributed by atoms with Crippen LogP contribution in [-0.2, 0) is 23.8 Å². The normalized spacial score (nSPS) is 18.9. The van der Waals surface area contributed by atoms with Crippen molar-refractivity contribution in [2.75, 3.05) is 18.5 Å². The lowest BCUT2D eigenvalue weighted by molar-refractivity contribution is -0.156. The Labute approximate surface area is 223 Å². The van der Waals surface area contributed by atoms with Crippen LogP contribution in [0.25, 0.3) is 11.2 Å². The Morgan fingerprint density at radius 2 is 1.92 bits per heavy atom. The molecule has 1 aliphatic heterocycles. The third-order valence-electron chi connectivity index (χ3n) is 6.64. The number of aryl methyl sites for hydroxylation is 2. The van der Waals surface area contributed by atoms with E-state index in [0.717, 1.165) is 16.7 Å². The number of carbonyl (C=O) groups excluding carboxylic acids is 3. The zero-order valence-electron chi connectivity index (χ0n) is 22.3. The number of amides is 1. The minimum atomic E-state index is -0.878. The van der Waals surface area contributed by atoms with Crippen molar-refractivity contribution in [2.24, 2.45) is 5.92 Å². The van der Waals surface area contributed by atoms with E-state index >= 15 is 0 Å². The Hall–Kier alpha value is -4.10. The average molecular weight is 542 g/mol. The lowest BCUT2D eigenvalue weighted by Crippen LogP contribution is -2.31. The molecule has 3 heterocycles. The number of hydrogen-bond acceptors (Lipinski definition) is 10. The van der Waals surface area contributed by atoms with Crippen LogP contribution in [0.2, 0.25) is 0 Å². The molecule has 4 rings (SSSR count). The van der Waals surface area contributed by atoms with Gasteiger partial charge < -0.3 is 19.3 Å². The molecule has 3 atom stereocenters. The van der Waals surface area contributed by atoms with E-state index in [1.165, 1.54) is 10.9 Å². The summed E-state index contributed by atoms with van der Waals surface area (Å²) in [5.41, 5.74) is 2.88. The van der Waals surface area contributed by atoms with Crippen LogP contribution in [0.15, 0.2) is 23.3 Å². The molecule has 13 nitrogen and oxygen atoms in total. The Kier molecular flexibility index (Phi) is 8.11. The summed E-state index contributed by atoms with van der Waals surface area (Å²) in [7, 11) is 0. The van der Waals surface area contributed by atoms with Crippen LogP contribution in [0.1, 0.15) is 53.5 Å². The molecular weight excluding hydrogens is 510 g/mol. The minimum absolute atomic E-state index is 0.0237. The van der Waals surface area contributed by atoms with E-state index in [2.05, 4.69) is 20.3 Å². The molecule has 0 bridgehead atoms. The molecule has 1 saturated heterocycles. The third kappa shape index (κ3) is 5.99. The maximum absolute atomic E-state index is 12.5. The predicted molar refractivity (Wildman–Crippen MR) is 138 cm³/mol. The lowest BCUT2D eigenvalue weighted by atomic mass is 10.0. The highest BCUT2D eigenvalue weighted by atomic mass is 16.6. The maximum Gasteiger partial charge on any atom is 0.344 e. The highest BCUT2D eigenvalue weighted by Crippen LogP contribution is 2.32. The van der Waals surface area contributed by atoms with Crippen molar-refractivity contribution in [3.63, 3.8) is 0 Å². The van der Waals surface area contributed by atoms with Gasteiger partial charge in [0, 0.05) is 12.3 Å². The molecule has 1 aliphatic rings. The maximum atomic E-state index is 12.5. The number of nitrogens with one attached hydrogen (secondary N) is 2. The van der Waals surface area contributed by atoms with E-state index in [0.29, 0.717) is 5.56 Å². The van der Waals surface area contributed by atoms with Crippen molar-refractivity contribution < 1.29 is 33.7 Å². The van der Waals surface area contributed by atoms with E-state index in [-0.39, 0.29) is 35.4 Å². The van der Waals surface area contributed by atoms with Gasteiger partial charge in [-0.25, -0.2) is 14.6 Å². The first-order valence-electron chi connectivity index (χ1n) is 12.5. The number of imidazole rings is 1. The fourth-order valence-electron chi connectivity index (χ4n) is 4.18. The van der Waals surface area contributed by atoms with Crippen molar-refractivity contribution in [1.29, 1.82) is 0 Å². The fourth-order valence-corrected chi connectivity index (χ4v) is 4.18. The second-order valence-electron chi connectivity index (χ2n) is 9.77. The zero-order valence-corrected chi connectivity index (χ0v) is 22.3. The highest BCUT2D eigenvalue weighted by Gasteiger charge is 2.39. The molecule has 208 valence electrons. The van der Waals surface area contributed by atoms with Crippen LogP contribution in [0, 0.1) is 26.7 Å². The molecule has 13 heteroatoms. The molecule has 3 N–H and O–H groups in total. The number of nitrogens with zero attached hydrogens (tertiary/aromatic N) is 3. The summed E-state index contributed by atoms with van der Waals surface area (Å²) in [6.07, 6.45) is -1.08. The Morgan fingerprint density at radius 3 is 2.56 bits per heavy atom. The third-order valence-corrected chi connectivity index (χ3v) is 6.64. The van der Waals surface area contributed by atoms with Crippen LogP contribution in [0.3, 0.4) is 0 Å². The number of anilines is 1. The number of aromatic amines is 1. The topological polar surface area (TPSA) is 175 Å². The molecule has 0 saturated carbocycles. The molecular formula is C26H31N5O8. The van der Waals surface area contributed by atoms with Crippen LogP contribution >= 0.6 is 0 Å². The van der Waals surface area contributed by atoms with Crippen LogP contribution in [-0.4, -0.2) is 67.9 Å². The molecule has 1 amide bonds. The van der Waals surface area contributed by atoms with E-state index in [9.17, 15) is 24.3 Å². The Morgan fingerprint density at radius 1 is 1.23 bits per heavy atom. The molecule has 2 aromatic heterocycles. The number of fused-ring (bicyclic) bond motifs is 1. The number of ether oxygens (including phenoxy) is 3. The van der Waals surface area contributed by atoms with Gasteiger partial charge in [0.15, 0.2) is 17.8 Å². The van der Waals surface area contributed by atoms with Gasteiger partial charge in [-0.05, 0) is 49.6 Å². The summed E-state index contributed by atoms with van der Waals surface area (Å²) in [6, 6.07) is 3.39. The van der Waals surface area contributed by atoms with E-state index in [1.54, 1.807) is 26.0 Å². The van der Waals surface area contributed by atoms with Gasteiger partial charge in [0.05, 0.1) is 18.5 Å². The smallest absolute Gasteiger partial charge is 0.344 e. The van der Waals surface area contributed by atoms with Crippen molar-refractivity contribution in [1.82, 2.24) is 19.5 Å². The van der Waals surface area contributed by atoms with E-state index in [4.69, 9.17) is 14.2 Å². The van der Waals surface area contributed by atoms with E-state index < -0.39 is 49.1 Å². The van der Waals surface area contributed by atoms with Gasteiger partial charge in [-0.1, -0.05) is 13.8 Å². The summed E-state index contributed by atoms with van der Waals surface area (Å²) >= 11 is 0. The molecule has 3 unspecified atom stereocenters. The molecule has 39 heavy (non-hydrogen) atoms. The molecule has 0 aliphatic carbocycles. The zero-order chi connectivity index (χ0) is 28.4. The number of hydrogen-bond donors (Lipinski definition) is 3. The van der Waals surface area contributed by atoms with Crippen LogP contribution in [0.4, 0.5) is 5.95 Å². The Balaban J connectivity index is 1.43. The summed E-state index contributed by atoms with van der Waals surface area (Å²) in [4.78, 5) is 60.3. The van der Waals surface area contributed by atoms with Crippen molar-refractivity contribution in [3.8, 4) is 0 Å². The first kappa shape index (κ1) is 27.9. The summed E-state index contributed by atoms with van der Waals surface area (Å²) in [5, 5.41) is 12.4. The number of benzene rings is 1. The van der Waals surface area contributed by atoms with Gasteiger partial charge in [-0.2, -0.15) is 4.98 Å². The highest BCUT2D eigenvalue weighted by molar-refractivity contribution is 5.91. The van der Waals surface area contributed by atoms with Gasteiger partial charge in [0.25, 0.3) is 5.56 Å². The standard InChI is InChI=1S/C26H31N5O8/c1-12(2)23(34)29-26-28-22-21(24(35)30-26)27-11-31(22)19-8-17(18(9-32)38-19)39-20(33)10-37-25(36)16-6-13(3)15(5)14(4)7-16/h6-7,11-12,17-19,32H,8-10H2,1-5H3,(H2,28,29,30,34,35). The number of aliphatic hydroxyl groups is 1. The monoisotopic (exact) mass is 541 g/mol. The second-order valence-corrected chi connectivity index (χ2v) is 9.77. The largest absolute Gasteiger partial charge is 0.457 e. The van der Waals surface area contributed by atoms with Gasteiger partial charge in [-0.15, -0.1) is 0 Å². The minimum Gasteiger partial charge on any atom is -0.457 e. The van der Waals surface area contributed by atoms with Crippen molar-refractivity contribution >= 4 is 35.0 Å². The van der Waals surface area contributed by atoms with Crippen LogP contribution < -0.4 is 10.9 Å². The number of H-pyrrole nitrogens is 1. The van der Waals surface area contributed by atoms with Crippen LogP contribution in [0.5, 0.6) is 0 Å². The second kappa shape index (κ2) is 11.3. The molecule has 1 fully saturated rings. The quantitative estimate of drug-likeness (QED) is 0.356. The molecule has 1 aromatic carbocycles. The number of esters is 2. The predicted octanol–water partition coefficient (Wildman–Crippen LogP) is 1.69. The molecule has 0 spiro atoms. The fraction of sp³-hybridized carbons (Fsp3) is 0.462. The number of aromatic nitrogens is 4. The summed E-state index contributed by atoms with van der Waals surface area (Å²) < 4.78 is 17.9. The molecule has 3 aromatic rings.